The van der Waals surface area contributed by atoms with Crippen molar-refractivity contribution in [2.75, 3.05) is 18.5 Å². The number of rotatable bonds is 6. The lowest BCUT2D eigenvalue weighted by molar-refractivity contribution is 0.0169. The van der Waals surface area contributed by atoms with Gasteiger partial charge in [0, 0.05) is 12.7 Å². The van der Waals surface area contributed by atoms with E-state index in [1.54, 1.807) is 17.7 Å². The van der Waals surface area contributed by atoms with Gasteiger partial charge < -0.3 is 15.0 Å². The molecule has 7 nitrogen and oxygen atoms in total. The molecular formula is C21H27FN4O3. The van der Waals surface area contributed by atoms with Gasteiger partial charge >= 0.3 is 0 Å². The lowest BCUT2D eigenvalue weighted by Crippen LogP contribution is -2.26. The van der Waals surface area contributed by atoms with Crippen LogP contribution in [0.5, 0.6) is 0 Å². The van der Waals surface area contributed by atoms with E-state index in [9.17, 15) is 4.79 Å². The third-order valence-electron chi connectivity index (χ3n) is 4.20. The lowest BCUT2D eigenvalue weighted by atomic mass is 10.1. The van der Waals surface area contributed by atoms with Crippen LogP contribution in [0, 0.1) is 19.7 Å². The molecule has 3 rings (SSSR count). The van der Waals surface area contributed by atoms with Gasteiger partial charge in [-0.1, -0.05) is 31.5 Å². The van der Waals surface area contributed by atoms with E-state index in [1.165, 1.54) is 6.33 Å². The third kappa shape index (κ3) is 4.90. The van der Waals surface area contributed by atoms with E-state index in [-0.39, 0.29) is 30.0 Å². The van der Waals surface area contributed by atoms with Crippen LogP contribution in [0.3, 0.4) is 0 Å². The standard InChI is InChI=1S/C19H21FN4O3.C2H6/c1-11-4-5-14(12(2)8-11)22-17-13(19(26)23-27-7-6-25)9-15-18(16(17)20)21-10-24(15)3;1-2/h4-5,8-10,22,25H,6-7H2,1-3H3,(H,23,26);1-2H3. The van der Waals surface area contributed by atoms with Gasteiger partial charge in [-0.25, -0.2) is 14.9 Å². The Morgan fingerprint density at radius 2 is 2.00 bits per heavy atom. The van der Waals surface area contributed by atoms with Crippen molar-refractivity contribution < 1.29 is 19.1 Å². The van der Waals surface area contributed by atoms with Gasteiger partial charge in [0.2, 0.25) is 0 Å². The number of carbonyl (C=O) groups excluding carboxylic acids is 1. The summed E-state index contributed by atoms with van der Waals surface area (Å²) >= 11 is 0. The number of nitrogens with zero attached hydrogens (tertiary/aromatic N) is 2. The van der Waals surface area contributed by atoms with Crippen LogP contribution in [-0.4, -0.2) is 33.8 Å². The van der Waals surface area contributed by atoms with E-state index in [4.69, 9.17) is 9.94 Å². The number of hydrogen-bond acceptors (Lipinski definition) is 5. The molecule has 0 unspecified atom stereocenters. The molecule has 0 aliphatic carbocycles. The number of hydroxylamine groups is 1. The molecule has 0 aliphatic heterocycles. The minimum Gasteiger partial charge on any atom is -0.394 e. The number of aromatic nitrogens is 2. The molecule has 1 aromatic heterocycles. The lowest BCUT2D eigenvalue weighted by Gasteiger charge is -2.16. The molecule has 0 fully saturated rings. The van der Waals surface area contributed by atoms with Gasteiger partial charge in [0.1, 0.15) is 5.52 Å². The predicted molar refractivity (Wildman–Crippen MR) is 112 cm³/mol. The van der Waals surface area contributed by atoms with Crippen LogP contribution in [0.25, 0.3) is 11.0 Å². The van der Waals surface area contributed by atoms with E-state index < -0.39 is 11.7 Å². The molecule has 156 valence electrons. The van der Waals surface area contributed by atoms with Crippen molar-refractivity contribution in [1.82, 2.24) is 15.0 Å². The van der Waals surface area contributed by atoms with E-state index in [1.807, 2.05) is 45.9 Å². The summed E-state index contributed by atoms with van der Waals surface area (Å²) in [7, 11) is 1.72. The first-order valence-electron chi connectivity index (χ1n) is 9.43. The Balaban J connectivity index is 0.00000145. The van der Waals surface area contributed by atoms with Gasteiger partial charge in [-0.15, -0.1) is 0 Å². The number of benzene rings is 2. The molecule has 0 radical (unpaired) electrons. The molecule has 29 heavy (non-hydrogen) atoms. The number of halogens is 1. The zero-order valence-corrected chi connectivity index (χ0v) is 17.3. The second-order valence-corrected chi connectivity index (χ2v) is 6.28. The molecule has 0 atom stereocenters. The first-order chi connectivity index (χ1) is 13.9. The normalized spacial score (nSPS) is 10.4. The number of fused-ring (bicyclic) bond motifs is 1. The summed E-state index contributed by atoms with van der Waals surface area (Å²) in [6.45, 7) is 7.55. The maximum absolute atomic E-state index is 15.2. The highest BCUT2D eigenvalue weighted by Crippen LogP contribution is 2.31. The van der Waals surface area contributed by atoms with E-state index in [2.05, 4.69) is 15.8 Å². The molecular weight excluding hydrogens is 375 g/mol. The molecule has 1 amide bonds. The average molecular weight is 402 g/mol. The average Bonchev–Trinajstić information content (AvgIpc) is 3.08. The fraction of sp³-hybridized carbons (Fsp3) is 0.333. The van der Waals surface area contributed by atoms with E-state index in [0.717, 1.165) is 11.1 Å². The molecule has 3 aromatic rings. The number of aliphatic hydroxyl groups excluding tert-OH is 1. The highest BCUT2D eigenvalue weighted by molar-refractivity contribution is 6.04. The maximum Gasteiger partial charge on any atom is 0.277 e. The Labute approximate surface area is 169 Å². The van der Waals surface area contributed by atoms with Crippen LogP contribution < -0.4 is 10.8 Å². The molecule has 0 saturated carbocycles. The van der Waals surface area contributed by atoms with Crippen molar-refractivity contribution >= 4 is 28.3 Å². The van der Waals surface area contributed by atoms with Crippen molar-refractivity contribution in [3.8, 4) is 0 Å². The number of anilines is 2. The van der Waals surface area contributed by atoms with Gasteiger partial charge in [-0.3, -0.25) is 9.63 Å². The van der Waals surface area contributed by atoms with Crippen LogP contribution in [0.4, 0.5) is 15.8 Å². The Bertz CT molecular complexity index is 1000. The van der Waals surface area contributed by atoms with Crippen molar-refractivity contribution in [2.45, 2.75) is 27.7 Å². The molecule has 3 N–H and O–H groups in total. The Morgan fingerprint density at radius 3 is 2.66 bits per heavy atom. The summed E-state index contributed by atoms with van der Waals surface area (Å²) in [4.78, 5) is 21.5. The zero-order valence-electron chi connectivity index (χ0n) is 17.3. The molecule has 1 heterocycles. The van der Waals surface area contributed by atoms with E-state index >= 15 is 4.39 Å². The van der Waals surface area contributed by atoms with Gasteiger partial charge in [-0.2, -0.15) is 0 Å². The molecule has 2 aromatic carbocycles. The number of aryl methyl sites for hydroxylation is 3. The number of nitrogens with one attached hydrogen (secondary N) is 2. The fourth-order valence-electron chi connectivity index (χ4n) is 2.83. The van der Waals surface area contributed by atoms with Crippen LogP contribution in [-0.2, 0) is 11.9 Å². The van der Waals surface area contributed by atoms with Crippen LogP contribution in [0.2, 0.25) is 0 Å². The molecule has 0 spiro atoms. The fourth-order valence-corrected chi connectivity index (χ4v) is 2.83. The molecule has 8 heteroatoms. The second kappa shape index (κ2) is 9.99. The van der Waals surface area contributed by atoms with E-state index in [0.29, 0.717) is 11.2 Å². The zero-order chi connectivity index (χ0) is 21.6. The molecule has 0 bridgehead atoms. The SMILES string of the molecule is CC.Cc1ccc(Nc2c(C(=O)NOCCO)cc3c(ncn3C)c2F)c(C)c1. The quantitative estimate of drug-likeness (QED) is 0.432. The summed E-state index contributed by atoms with van der Waals surface area (Å²) in [5.41, 5.74) is 5.62. The monoisotopic (exact) mass is 402 g/mol. The Morgan fingerprint density at radius 1 is 1.28 bits per heavy atom. The third-order valence-corrected chi connectivity index (χ3v) is 4.20. The van der Waals surface area contributed by atoms with Crippen molar-refractivity contribution in [1.29, 1.82) is 0 Å². The van der Waals surface area contributed by atoms with Crippen LogP contribution >= 0.6 is 0 Å². The number of hydrogen-bond donors (Lipinski definition) is 3. The second-order valence-electron chi connectivity index (χ2n) is 6.28. The van der Waals surface area contributed by atoms with Crippen LogP contribution in [0.15, 0.2) is 30.6 Å². The maximum atomic E-state index is 15.2. The van der Waals surface area contributed by atoms with Crippen molar-refractivity contribution in [3.63, 3.8) is 0 Å². The predicted octanol–water partition coefficient (Wildman–Crippen LogP) is 3.75. The number of carbonyl (C=O) groups is 1. The van der Waals surface area contributed by atoms with Crippen molar-refractivity contribution in [3.05, 3.63) is 53.1 Å². The van der Waals surface area contributed by atoms with Crippen molar-refractivity contribution in [2.24, 2.45) is 7.05 Å². The largest absolute Gasteiger partial charge is 0.394 e. The Hall–Kier alpha value is -2.97. The summed E-state index contributed by atoms with van der Waals surface area (Å²) in [6.07, 6.45) is 1.48. The van der Waals surface area contributed by atoms with Gasteiger partial charge in [0.25, 0.3) is 5.91 Å². The summed E-state index contributed by atoms with van der Waals surface area (Å²) in [5.74, 6) is -1.25. The number of amides is 1. The first kappa shape index (κ1) is 22.3. The van der Waals surface area contributed by atoms with Gasteiger partial charge in [-0.05, 0) is 31.5 Å². The Kier molecular flexibility index (Phi) is 7.69. The highest BCUT2D eigenvalue weighted by atomic mass is 19.1. The minimum absolute atomic E-state index is 0.0123. The topological polar surface area (TPSA) is 88.4 Å². The number of imidazole rings is 1. The highest BCUT2D eigenvalue weighted by Gasteiger charge is 2.22. The summed E-state index contributed by atoms with van der Waals surface area (Å²) in [5, 5.41) is 11.8. The summed E-state index contributed by atoms with van der Waals surface area (Å²) in [6, 6.07) is 7.24. The minimum atomic E-state index is -0.627. The smallest absolute Gasteiger partial charge is 0.277 e. The van der Waals surface area contributed by atoms with Gasteiger partial charge in [0.15, 0.2) is 5.82 Å². The molecule has 0 aliphatic rings. The number of aliphatic hydroxyl groups is 1. The van der Waals surface area contributed by atoms with Crippen LogP contribution in [0.1, 0.15) is 35.3 Å². The molecule has 0 saturated heterocycles. The van der Waals surface area contributed by atoms with Gasteiger partial charge in [0.05, 0.1) is 36.3 Å². The summed E-state index contributed by atoms with van der Waals surface area (Å²) < 4.78 is 16.8. The first-order valence-corrected chi connectivity index (χ1v) is 9.43.